The van der Waals surface area contributed by atoms with E-state index in [1.807, 2.05) is 43.3 Å². The van der Waals surface area contributed by atoms with Crippen molar-refractivity contribution in [1.82, 2.24) is 4.57 Å². The molecule has 2 aromatic carbocycles. The zero-order chi connectivity index (χ0) is 17.8. The van der Waals surface area contributed by atoms with Crippen LogP contribution in [0.1, 0.15) is 23.2 Å². The molecule has 3 aromatic rings. The molecule has 5 heteroatoms. The minimum Gasteiger partial charge on any atom is -0.341 e. The molecular weight excluding hydrogens is 332 g/mol. The van der Waals surface area contributed by atoms with Crippen molar-refractivity contribution >= 4 is 20.7 Å². The van der Waals surface area contributed by atoms with Gasteiger partial charge in [-0.3, -0.25) is 0 Å². The Labute approximate surface area is 148 Å². The minimum atomic E-state index is -3.31. The van der Waals surface area contributed by atoms with E-state index < -0.39 is 15.4 Å². The van der Waals surface area contributed by atoms with Gasteiger partial charge in [-0.1, -0.05) is 42.0 Å². The van der Waals surface area contributed by atoms with Crippen molar-refractivity contribution in [3.05, 3.63) is 65.4 Å². The first-order valence-corrected chi connectivity index (χ1v) is 10.3. The SMILES string of the molecule is Cc1ccc2c(c1)c(S(C)(=O)=O)c1n2CC(N)(c2ccccc2)CC1. The molecule has 130 valence electrons. The second-order valence-corrected chi connectivity index (χ2v) is 9.13. The van der Waals surface area contributed by atoms with Gasteiger partial charge in [0, 0.05) is 29.4 Å². The smallest absolute Gasteiger partial charge is 0.177 e. The van der Waals surface area contributed by atoms with E-state index in [0.717, 1.165) is 34.1 Å². The molecule has 0 saturated carbocycles. The topological polar surface area (TPSA) is 65.1 Å². The van der Waals surface area contributed by atoms with Gasteiger partial charge in [0.1, 0.15) is 0 Å². The summed E-state index contributed by atoms with van der Waals surface area (Å²) in [6.07, 6.45) is 2.68. The summed E-state index contributed by atoms with van der Waals surface area (Å²) in [6, 6.07) is 16.1. The number of fused-ring (bicyclic) bond motifs is 3. The van der Waals surface area contributed by atoms with E-state index in [4.69, 9.17) is 5.73 Å². The summed E-state index contributed by atoms with van der Waals surface area (Å²) in [5.41, 5.74) is 10.3. The zero-order valence-electron chi connectivity index (χ0n) is 14.5. The van der Waals surface area contributed by atoms with Crippen LogP contribution < -0.4 is 5.73 Å². The van der Waals surface area contributed by atoms with Crippen LogP contribution in [0.3, 0.4) is 0 Å². The second-order valence-electron chi connectivity index (χ2n) is 7.18. The van der Waals surface area contributed by atoms with Gasteiger partial charge in [-0.05, 0) is 37.5 Å². The number of rotatable bonds is 2. The van der Waals surface area contributed by atoms with Crippen molar-refractivity contribution in [1.29, 1.82) is 0 Å². The number of hydrogen-bond acceptors (Lipinski definition) is 3. The lowest BCUT2D eigenvalue weighted by Crippen LogP contribution is -2.44. The van der Waals surface area contributed by atoms with Crippen molar-refractivity contribution in [2.45, 2.75) is 36.7 Å². The zero-order valence-corrected chi connectivity index (χ0v) is 15.3. The molecule has 1 unspecified atom stereocenters. The fourth-order valence-electron chi connectivity index (χ4n) is 4.04. The van der Waals surface area contributed by atoms with Gasteiger partial charge < -0.3 is 10.3 Å². The Morgan fingerprint density at radius 1 is 1.12 bits per heavy atom. The van der Waals surface area contributed by atoms with Crippen LogP contribution in [0.25, 0.3) is 10.9 Å². The van der Waals surface area contributed by atoms with Crippen molar-refractivity contribution < 1.29 is 8.42 Å². The maximum absolute atomic E-state index is 12.5. The fourth-order valence-corrected chi connectivity index (χ4v) is 5.24. The fraction of sp³-hybridized carbons (Fsp3) is 0.300. The normalized spacial score (nSPS) is 20.6. The Balaban J connectivity index is 1.96. The monoisotopic (exact) mass is 354 g/mol. The third kappa shape index (κ3) is 2.58. The molecule has 4 nitrogen and oxygen atoms in total. The highest BCUT2D eigenvalue weighted by atomic mass is 32.2. The van der Waals surface area contributed by atoms with Crippen molar-refractivity contribution in [3.8, 4) is 0 Å². The van der Waals surface area contributed by atoms with Crippen LogP contribution in [0, 0.1) is 6.92 Å². The van der Waals surface area contributed by atoms with E-state index in [1.54, 1.807) is 0 Å². The molecule has 0 spiro atoms. The summed E-state index contributed by atoms with van der Waals surface area (Å²) in [4.78, 5) is 0.473. The van der Waals surface area contributed by atoms with E-state index >= 15 is 0 Å². The standard InChI is InChI=1S/C20H22N2O2S/c1-14-8-9-17-16(12-14)19(25(2,23)24)18-10-11-20(21,13-22(17)18)15-6-4-3-5-7-15/h3-9,12H,10-11,13,21H2,1-2H3. The van der Waals surface area contributed by atoms with Crippen LogP contribution >= 0.6 is 0 Å². The van der Waals surface area contributed by atoms with Crippen LogP contribution in [0.15, 0.2) is 53.4 Å². The summed E-state index contributed by atoms with van der Waals surface area (Å²) in [5.74, 6) is 0. The van der Waals surface area contributed by atoms with Gasteiger partial charge >= 0.3 is 0 Å². The van der Waals surface area contributed by atoms with Gasteiger partial charge in [0.25, 0.3) is 0 Å². The van der Waals surface area contributed by atoms with E-state index in [0.29, 0.717) is 17.9 Å². The van der Waals surface area contributed by atoms with Crippen LogP contribution in [0.5, 0.6) is 0 Å². The molecule has 4 rings (SSSR count). The molecule has 0 radical (unpaired) electrons. The van der Waals surface area contributed by atoms with E-state index in [-0.39, 0.29) is 0 Å². The summed E-state index contributed by atoms with van der Waals surface area (Å²) < 4.78 is 27.1. The van der Waals surface area contributed by atoms with Gasteiger partial charge in [-0.25, -0.2) is 8.42 Å². The highest BCUT2D eigenvalue weighted by Crippen LogP contribution is 2.39. The van der Waals surface area contributed by atoms with Crippen molar-refractivity contribution in [2.75, 3.05) is 6.26 Å². The summed E-state index contributed by atoms with van der Waals surface area (Å²) in [6.45, 7) is 2.57. The summed E-state index contributed by atoms with van der Waals surface area (Å²) >= 11 is 0. The van der Waals surface area contributed by atoms with E-state index in [1.165, 1.54) is 6.26 Å². The largest absolute Gasteiger partial charge is 0.341 e. The summed E-state index contributed by atoms with van der Waals surface area (Å²) in [5, 5.41) is 0.815. The molecule has 0 amide bonds. The highest BCUT2D eigenvalue weighted by molar-refractivity contribution is 7.91. The molecule has 1 aromatic heterocycles. The van der Waals surface area contributed by atoms with Gasteiger partial charge in [-0.2, -0.15) is 0 Å². The van der Waals surface area contributed by atoms with Gasteiger partial charge in [0.05, 0.1) is 10.4 Å². The number of aromatic nitrogens is 1. The quantitative estimate of drug-likeness (QED) is 0.769. The Kier molecular flexibility index (Phi) is 3.56. The lowest BCUT2D eigenvalue weighted by molar-refractivity contribution is 0.313. The number of nitrogens with zero attached hydrogens (tertiary/aromatic N) is 1. The molecule has 0 saturated heterocycles. The van der Waals surface area contributed by atoms with Crippen LogP contribution in [-0.4, -0.2) is 19.2 Å². The molecule has 2 N–H and O–H groups in total. The highest BCUT2D eigenvalue weighted by Gasteiger charge is 2.36. The van der Waals surface area contributed by atoms with E-state index in [2.05, 4.69) is 16.7 Å². The van der Waals surface area contributed by atoms with Gasteiger partial charge in [-0.15, -0.1) is 0 Å². The Bertz CT molecular complexity index is 1070. The lowest BCUT2D eigenvalue weighted by Gasteiger charge is -2.36. The number of sulfone groups is 1. The van der Waals surface area contributed by atoms with Crippen LogP contribution in [0.2, 0.25) is 0 Å². The first-order valence-electron chi connectivity index (χ1n) is 8.46. The molecule has 0 bridgehead atoms. The molecule has 1 aliphatic rings. The first-order chi connectivity index (χ1) is 11.8. The number of nitrogens with two attached hydrogens (primary N) is 1. The Morgan fingerprint density at radius 3 is 2.52 bits per heavy atom. The summed E-state index contributed by atoms with van der Waals surface area (Å²) in [7, 11) is -3.31. The Morgan fingerprint density at radius 2 is 1.84 bits per heavy atom. The molecule has 0 aliphatic carbocycles. The second kappa shape index (κ2) is 5.44. The van der Waals surface area contributed by atoms with Gasteiger partial charge in [0.2, 0.25) is 0 Å². The third-order valence-electron chi connectivity index (χ3n) is 5.24. The average Bonchev–Trinajstić information content (AvgIpc) is 2.88. The third-order valence-corrected chi connectivity index (χ3v) is 6.44. The molecule has 1 atom stereocenters. The minimum absolute atomic E-state index is 0.473. The molecular formula is C20H22N2O2S. The van der Waals surface area contributed by atoms with Crippen molar-refractivity contribution in [3.63, 3.8) is 0 Å². The van der Waals surface area contributed by atoms with Gasteiger partial charge in [0.15, 0.2) is 9.84 Å². The van der Waals surface area contributed by atoms with Crippen LogP contribution in [-0.2, 0) is 28.3 Å². The molecule has 1 aliphatic heterocycles. The average molecular weight is 354 g/mol. The number of benzene rings is 2. The molecule has 2 heterocycles. The van der Waals surface area contributed by atoms with Crippen molar-refractivity contribution in [2.24, 2.45) is 5.73 Å². The van der Waals surface area contributed by atoms with Crippen LogP contribution in [0.4, 0.5) is 0 Å². The maximum atomic E-state index is 12.5. The predicted octanol–water partition coefficient (Wildman–Crippen LogP) is 3.15. The lowest BCUT2D eigenvalue weighted by atomic mass is 9.83. The Hall–Kier alpha value is -2.11. The molecule has 25 heavy (non-hydrogen) atoms. The molecule has 0 fully saturated rings. The predicted molar refractivity (Wildman–Crippen MR) is 100 cm³/mol. The van der Waals surface area contributed by atoms with E-state index in [9.17, 15) is 8.42 Å². The first kappa shape index (κ1) is 16.4. The maximum Gasteiger partial charge on any atom is 0.177 e. The number of aryl methyl sites for hydroxylation is 1. The number of hydrogen-bond donors (Lipinski definition) is 1.